The summed E-state index contributed by atoms with van der Waals surface area (Å²) in [6.45, 7) is 2.38. The number of nitrogens with one attached hydrogen (secondary N) is 2. The number of hydrogen-bond donors (Lipinski definition) is 2. The van der Waals surface area contributed by atoms with E-state index in [-0.39, 0.29) is 23.3 Å². The molecule has 0 radical (unpaired) electrons. The number of rotatable bonds is 4. The van der Waals surface area contributed by atoms with Gasteiger partial charge in [-0.2, -0.15) is 0 Å². The fraction of sp³-hybridized carbons (Fsp3) is 0.500. The van der Waals surface area contributed by atoms with Crippen molar-refractivity contribution >= 4 is 21.4 Å². The number of benzene rings is 1. The molecule has 0 aliphatic carbocycles. The molecular formula is C14H20N2O3S. The lowest BCUT2D eigenvalue weighted by Gasteiger charge is -2.13. The summed E-state index contributed by atoms with van der Waals surface area (Å²) in [7, 11) is -1.12. The Morgan fingerprint density at radius 1 is 1.40 bits per heavy atom. The van der Waals surface area contributed by atoms with Gasteiger partial charge in [0.25, 0.3) is 5.91 Å². The van der Waals surface area contributed by atoms with Crippen molar-refractivity contribution in [3.8, 4) is 0 Å². The topological polar surface area (TPSA) is 75.3 Å². The average Bonchev–Trinajstić information content (AvgIpc) is 2.75. The van der Waals surface area contributed by atoms with Gasteiger partial charge in [-0.3, -0.25) is 4.79 Å². The van der Waals surface area contributed by atoms with E-state index >= 15 is 0 Å². The number of amides is 1. The minimum absolute atomic E-state index is 0.0347. The molecule has 1 aromatic rings. The van der Waals surface area contributed by atoms with Gasteiger partial charge < -0.3 is 10.6 Å². The Morgan fingerprint density at radius 2 is 2.15 bits per heavy atom. The highest BCUT2D eigenvalue weighted by molar-refractivity contribution is 7.91. The highest BCUT2D eigenvalue weighted by Gasteiger charge is 2.28. The standard InChI is InChI=1S/C14H20N2O3S/c1-10-3-4-12(13(7-10)15-2)14(17)16-8-11-5-6-20(18,19)9-11/h3-4,7,11,15H,5-6,8-9H2,1-2H3,(H,16,17). The van der Waals surface area contributed by atoms with Crippen LogP contribution in [0.5, 0.6) is 0 Å². The third kappa shape index (κ3) is 3.50. The van der Waals surface area contributed by atoms with Crippen LogP contribution in [0.15, 0.2) is 18.2 Å². The maximum Gasteiger partial charge on any atom is 0.253 e. The largest absolute Gasteiger partial charge is 0.387 e. The zero-order chi connectivity index (χ0) is 14.8. The molecule has 1 aromatic carbocycles. The molecule has 1 amide bonds. The van der Waals surface area contributed by atoms with Crippen molar-refractivity contribution in [3.63, 3.8) is 0 Å². The van der Waals surface area contributed by atoms with E-state index in [0.29, 0.717) is 18.5 Å². The van der Waals surface area contributed by atoms with Gasteiger partial charge in [-0.1, -0.05) is 6.07 Å². The highest BCUT2D eigenvalue weighted by atomic mass is 32.2. The van der Waals surface area contributed by atoms with Gasteiger partial charge in [0.1, 0.15) is 0 Å². The summed E-state index contributed by atoms with van der Waals surface area (Å²) in [6.07, 6.45) is 0.634. The Bertz CT molecular complexity index is 611. The Kier molecular flexibility index (Phi) is 4.32. The molecule has 1 heterocycles. The Balaban J connectivity index is 1.99. The van der Waals surface area contributed by atoms with Crippen LogP contribution in [0.3, 0.4) is 0 Å². The third-order valence-corrected chi connectivity index (χ3v) is 5.40. The third-order valence-electron chi connectivity index (χ3n) is 3.57. The number of anilines is 1. The van der Waals surface area contributed by atoms with Crippen LogP contribution in [-0.2, 0) is 9.84 Å². The highest BCUT2D eigenvalue weighted by Crippen LogP contribution is 2.19. The van der Waals surface area contributed by atoms with Gasteiger partial charge in [-0.15, -0.1) is 0 Å². The number of aryl methyl sites for hydroxylation is 1. The van der Waals surface area contributed by atoms with Crippen molar-refractivity contribution in [2.24, 2.45) is 5.92 Å². The zero-order valence-corrected chi connectivity index (χ0v) is 12.6. The number of hydrogen-bond acceptors (Lipinski definition) is 4. The first-order chi connectivity index (χ1) is 9.41. The van der Waals surface area contributed by atoms with Gasteiger partial charge in [-0.05, 0) is 37.0 Å². The van der Waals surface area contributed by atoms with Gasteiger partial charge in [0.05, 0.1) is 17.1 Å². The first kappa shape index (κ1) is 14.8. The van der Waals surface area contributed by atoms with Gasteiger partial charge in [0, 0.05) is 19.3 Å². The average molecular weight is 296 g/mol. The molecule has 1 unspecified atom stereocenters. The second-order valence-electron chi connectivity index (χ2n) is 5.28. The molecule has 5 nitrogen and oxygen atoms in total. The van der Waals surface area contributed by atoms with Crippen molar-refractivity contribution in [1.82, 2.24) is 5.32 Å². The summed E-state index contributed by atoms with van der Waals surface area (Å²) in [4.78, 5) is 12.2. The van der Waals surface area contributed by atoms with Crippen LogP contribution in [0, 0.1) is 12.8 Å². The van der Waals surface area contributed by atoms with Crippen molar-refractivity contribution in [1.29, 1.82) is 0 Å². The van der Waals surface area contributed by atoms with E-state index in [4.69, 9.17) is 0 Å². The van der Waals surface area contributed by atoms with Crippen LogP contribution in [0.2, 0.25) is 0 Å². The first-order valence-electron chi connectivity index (χ1n) is 6.68. The molecule has 1 atom stereocenters. The molecule has 1 aliphatic heterocycles. The summed E-state index contributed by atoms with van der Waals surface area (Å²) >= 11 is 0. The van der Waals surface area contributed by atoms with Crippen LogP contribution in [0.4, 0.5) is 5.69 Å². The van der Waals surface area contributed by atoms with Crippen LogP contribution in [0.25, 0.3) is 0 Å². The van der Waals surface area contributed by atoms with Crippen molar-refractivity contribution in [2.75, 3.05) is 30.4 Å². The maximum absolute atomic E-state index is 12.2. The van der Waals surface area contributed by atoms with Gasteiger partial charge in [-0.25, -0.2) is 8.42 Å². The van der Waals surface area contributed by atoms with Crippen LogP contribution in [0.1, 0.15) is 22.3 Å². The monoisotopic (exact) mass is 296 g/mol. The second kappa shape index (κ2) is 5.83. The Labute approximate surface area is 119 Å². The van der Waals surface area contributed by atoms with E-state index in [1.807, 2.05) is 19.1 Å². The lowest BCUT2D eigenvalue weighted by atomic mass is 10.1. The summed E-state index contributed by atoms with van der Waals surface area (Å²) in [5.41, 5.74) is 2.44. The molecule has 20 heavy (non-hydrogen) atoms. The van der Waals surface area contributed by atoms with Gasteiger partial charge >= 0.3 is 0 Å². The van der Waals surface area contributed by atoms with E-state index < -0.39 is 9.84 Å². The fourth-order valence-electron chi connectivity index (χ4n) is 2.43. The summed E-state index contributed by atoms with van der Waals surface area (Å²) in [5.74, 6) is 0.283. The fourth-order valence-corrected chi connectivity index (χ4v) is 4.29. The second-order valence-corrected chi connectivity index (χ2v) is 7.51. The number of carbonyl (C=O) groups excluding carboxylic acids is 1. The smallest absolute Gasteiger partial charge is 0.253 e. The lowest BCUT2D eigenvalue weighted by molar-refractivity contribution is 0.0949. The number of sulfone groups is 1. The summed E-state index contributed by atoms with van der Waals surface area (Å²) in [5, 5.41) is 5.83. The molecule has 0 saturated carbocycles. The van der Waals surface area contributed by atoms with E-state index in [1.54, 1.807) is 13.1 Å². The SMILES string of the molecule is CNc1cc(C)ccc1C(=O)NCC1CCS(=O)(=O)C1. The molecule has 0 spiro atoms. The van der Waals surface area contributed by atoms with E-state index in [2.05, 4.69) is 10.6 Å². The molecule has 1 saturated heterocycles. The van der Waals surface area contributed by atoms with Crippen molar-refractivity contribution < 1.29 is 13.2 Å². The molecule has 2 rings (SSSR count). The molecule has 110 valence electrons. The molecule has 0 bridgehead atoms. The lowest BCUT2D eigenvalue weighted by Crippen LogP contribution is -2.30. The van der Waals surface area contributed by atoms with E-state index in [0.717, 1.165) is 11.3 Å². The molecule has 1 fully saturated rings. The minimum Gasteiger partial charge on any atom is -0.387 e. The van der Waals surface area contributed by atoms with E-state index in [9.17, 15) is 13.2 Å². The predicted octanol–water partition coefficient (Wildman–Crippen LogP) is 1.20. The predicted molar refractivity (Wildman–Crippen MR) is 79.8 cm³/mol. The Morgan fingerprint density at radius 3 is 2.75 bits per heavy atom. The quantitative estimate of drug-likeness (QED) is 0.875. The molecule has 0 aromatic heterocycles. The molecular weight excluding hydrogens is 276 g/mol. The van der Waals surface area contributed by atoms with Crippen molar-refractivity contribution in [2.45, 2.75) is 13.3 Å². The van der Waals surface area contributed by atoms with Crippen LogP contribution < -0.4 is 10.6 Å². The van der Waals surface area contributed by atoms with Crippen LogP contribution in [-0.4, -0.2) is 39.4 Å². The van der Waals surface area contributed by atoms with Crippen molar-refractivity contribution in [3.05, 3.63) is 29.3 Å². The molecule has 1 aliphatic rings. The van der Waals surface area contributed by atoms with Gasteiger partial charge in [0.15, 0.2) is 9.84 Å². The zero-order valence-electron chi connectivity index (χ0n) is 11.8. The summed E-state index contributed by atoms with van der Waals surface area (Å²) < 4.78 is 22.7. The van der Waals surface area contributed by atoms with Crippen LogP contribution >= 0.6 is 0 Å². The molecule has 6 heteroatoms. The summed E-state index contributed by atoms with van der Waals surface area (Å²) in [6, 6.07) is 5.58. The maximum atomic E-state index is 12.2. The minimum atomic E-state index is -2.89. The molecule has 2 N–H and O–H groups in total. The Hall–Kier alpha value is -1.56. The van der Waals surface area contributed by atoms with Gasteiger partial charge in [0.2, 0.25) is 0 Å². The normalized spacial score (nSPS) is 20.6. The van der Waals surface area contributed by atoms with E-state index in [1.165, 1.54) is 0 Å². The number of carbonyl (C=O) groups is 1. The first-order valence-corrected chi connectivity index (χ1v) is 8.50.